The van der Waals surface area contributed by atoms with Gasteiger partial charge in [0, 0.05) is 43.3 Å². The van der Waals surface area contributed by atoms with Crippen LogP contribution in [0.4, 0.5) is 10.1 Å². The van der Waals surface area contributed by atoms with Gasteiger partial charge in [-0.2, -0.15) is 4.98 Å². The molecular weight excluding hydrogens is 395 g/mol. The van der Waals surface area contributed by atoms with Crippen molar-refractivity contribution in [2.75, 3.05) is 31.1 Å². The summed E-state index contributed by atoms with van der Waals surface area (Å²) >= 11 is 0. The summed E-state index contributed by atoms with van der Waals surface area (Å²) in [6.45, 7) is 2.92. The fourth-order valence-electron chi connectivity index (χ4n) is 4.10. The van der Waals surface area contributed by atoms with Gasteiger partial charge in [-0.05, 0) is 54.8 Å². The van der Waals surface area contributed by atoms with Crippen LogP contribution < -0.4 is 4.90 Å². The van der Waals surface area contributed by atoms with Crippen LogP contribution in [0, 0.1) is 5.82 Å². The Balaban J connectivity index is 1.16. The maximum absolute atomic E-state index is 13.0. The van der Waals surface area contributed by atoms with Gasteiger partial charge in [-0.1, -0.05) is 23.7 Å². The number of hydrogen-bond acceptors (Lipinski definition) is 5. The predicted molar refractivity (Wildman–Crippen MR) is 115 cm³/mol. The lowest BCUT2D eigenvalue weighted by molar-refractivity contribution is -0.130. The van der Waals surface area contributed by atoms with Gasteiger partial charge in [-0.15, -0.1) is 0 Å². The van der Waals surface area contributed by atoms with Gasteiger partial charge in [-0.25, -0.2) is 4.39 Å². The van der Waals surface area contributed by atoms with Crippen molar-refractivity contribution in [2.24, 2.45) is 0 Å². The quantitative estimate of drug-likeness (QED) is 0.624. The standard InChI is InChI=1S/C24H25FN4O2/c25-20-8-4-17(5-9-20)16-22(30)29-14-12-28(13-15-29)21-10-6-18(7-11-21)23-26-24(31-27-23)19-2-1-3-19/h4-11,19H,1-3,12-16H2. The second-order valence-corrected chi connectivity index (χ2v) is 8.30. The highest BCUT2D eigenvalue weighted by Gasteiger charge is 2.26. The molecule has 2 heterocycles. The van der Waals surface area contributed by atoms with E-state index in [4.69, 9.17) is 4.52 Å². The molecule has 0 atom stereocenters. The Morgan fingerprint density at radius 2 is 1.71 bits per heavy atom. The van der Waals surface area contributed by atoms with Crippen LogP contribution in [0.15, 0.2) is 53.1 Å². The summed E-state index contributed by atoms with van der Waals surface area (Å²) in [7, 11) is 0. The first-order valence-electron chi connectivity index (χ1n) is 10.9. The van der Waals surface area contributed by atoms with Gasteiger partial charge in [-0.3, -0.25) is 4.79 Å². The number of aromatic nitrogens is 2. The molecule has 7 heteroatoms. The van der Waals surface area contributed by atoms with Crippen molar-refractivity contribution in [1.82, 2.24) is 15.0 Å². The third-order valence-electron chi connectivity index (χ3n) is 6.29. The number of carbonyl (C=O) groups excluding carboxylic acids is 1. The molecule has 6 nitrogen and oxygen atoms in total. The zero-order valence-electron chi connectivity index (χ0n) is 17.3. The molecule has 0 spiro atoms. The van der Waals surface area contributed by atoms with Gasteiger partial charge in [0.15, 0.2) is 0 Å². The van der Waals surface area contributed by atoms with Gasteiger partial charge in [0.1, 0.15) is 5.82 Å². The van der Waals surface area contributed by atoms with E-state index in [1.54, 1.807) is 12.1 Å². The van der Waals surface area contributed by atoms with Crippen molar-refractivity contribution in [3.63, 3.8) is 0 Å². The van der Waals surface area contributed by atoms with E-state index in [9.17, 15) is 9.18 Å². The summed E-state index contributed by atoms with van der Waals surface area (Å²) in [4.78, 5) is 21.3. The second-order valence-electron chi connectivity index (χ2n) is 8.30. The molecule has 0 unspecified atom stereocenters. The Morgan fingerprint density at radius 3 is 2.35 bits per heavy atom. The predicted octanol–water partition coefficient (Wildman–Crippen LogP) is 4.03. The number of amides is 1. The summed E-state index contributed by atoms with van der Waals surface area (Å²) in [5, 5.41) is 4.14. The largest absolute Gasteiger partial charge is 0.368 e. The number of carbonyl (C=O) groups is 1. The molecule has 2 fully saturated rings. The molecule has 1 aliphatic carbocycles. The Bertz CT molecular complexity index is 1040. The molecule has 1 saturated carbocycles. The molecule has 3 aromatic rings. The van der Waals surface area contributed by atoms with Crippen molar-refractivity contribution in [3.8, 4) is 11.4 Å². The zero-order chi connectivity index (χ0) is 21.2. The van der Waals surface area contributed by atoms with E-state index in [1.165, 1.54) is 18.6 Å². The van der Waals surface area contributed by atoms with Crippen molar-refractivity contribution in [2.45, 2.75) is 31.6 Å². The van der Waals surface area contributed by atoms with E-state index in [0.29, 0.717) is 31.3 Å². The first kappa shape index (κ1) is 19.7. The Labute approximate surface area is 180 Å². The fraction of sp³-hybridized carbons (Fsp3) is 0.375. The summed E-state index contributed by atoms with van der Waals surface area (Å²) in [6, 6.07) is 14.3. The Morgan fingerprint density at radius 1 is 1.00 bits per heavy atom. The van der Waals surface area contributed by atoms with Crippen LogP contribution in [0.1, 0.15) is 36.6 Å². The van der Waals surface area contributed by atoms with E-state index in [2.05, 4.69) is 27.2 Å². The highest BCUT2D eigenvalue weighted by molar-refractivity contribution is 5.79. The third kappa shape index (κ3) is 4.31. The van der Waals surface area contributed by atoms with Crippen LogP contribution in [-0.4, -0.2) is 47.1 Å². The smallest absolute Gasteiger partial charge is 0.230 e. The van der Waals surface area contributed by atoms with Crippen LogP contribution in [0.3, 0.4) is 0 Å². The maximum atomic E-state index is 13.0. The molecule has 1 saturated heterocycles. The molecule has 1 amide bonds. The summed E-state index contributed by atoms with van der Waals surface area (Å²) in [5.74, 6) is 1.63. The van der Waals surface area contributed by atoms with Gasteiger partial charge in [0.05, 0.1) is 6.42 Å². The number of nitrogens with zero attached hydrogens (tertiary/aromatic N) is 4. The number of rotatable bonds is 5. The van der Waals surface area contributed by atoms with Gasteiger partial charge < -0.3 is 14.3 Å². The van der Waals surface area contributed by atoms with Crippen molar-refractivity contribution < 1.29 is 13.7 Å². The summed E-state index contributed by atoms with van der Waals surface area (Å²) in [5.41, 5.74) is 2.91. The normalized spacial score (nSPS) is 16.9. The maximum Gasteiger partial charge on any atom is 0.230 e. The molecule has 160 valence electrons. The third-order valence-corrected chi connectivity index (χ3v) is 6.29. The van der Waals surface area contributed by atoms with E-state index in [0.717, 1.165) is 48.6 Å². The molecular formula is C24H25FN4O2. The van der Waals surface area contributed by atoms with Crippen LogP contribution in [0.2, 0.25) is 0 Å². The molecule has 5 rings (SSSR count). The monoisotopic (exact) mass is 420 g/mol. The lowest BCUT2D eigenvalue weighted by atomic mass is 9.85. The average molecular weight is 420 g/mol. The fourth-order valence-corrected chi connectivity index (χ4v) is 4.10. The highest BCUT2D eigenvalue weighted by Crippen LogP contribution is 2.36. The van der Waals surface area contributed by atoms with Gasteiger partial charge in [0.25, 0.3) is 0 Å². The molecule has 0 bridgehead atoms. The summed E-state index contributed by atoms with van der Waals surface area (Å²) < 4.78 is 18.5. The number of anilines is 1. The van der Waals surface area contributed by atoms with Gasteiger partial charge >= 0.3 is 0 Å². The van der Waals surface area contributed by atoms with Crippen LogP contribution >= 0.6 is 0 Å². The lowest BCUT2D eigenvalue weighted by Crippen LogP contribution is -2.49. The van der Waals surface area contributed by atoms with Crippen LogP contribution in [0.5, 0.6) is 0 Å². The molecule has 1 aliphatic heterocycles. The first-order valence-corrected chi connectivity index (χ1v) is 10.9. The number of piperazine rings is 1. The van der Waals surface area contributed by atoms with E-state index in [1.807, 2.05) is 17.0 Å². The number of hydrogen-bond donors (Lipinski definition) is 0. The van der Waals surface area contributed by atoms with Crippen LogP contribution in [0.25, 0.3) is 11.4 Å². The molecule has 2 aliphatic rings. The molecule has 2 aromatic carbocycles. The van der Waals surface area contributed by atoms with Crippen molar-refractivity contribution in [1.29, 1.82) is 0 Å². The Hall–Kier alpha value is -3.22. The van der Waals surface area contributed by atoms with Gasteiger partial charge in [0.2, 0.25) is 17.6 Å². The molecule has 0 radical (unpaired) electrons. The summed E-state index contributed by atoms with van der Waals surface area (Å²) in [6.07, 6.45) is 3.82. The minimum Gasteiger partial charge on any atom is -0.368 e. The van der Waals surface area contributed by atoms with Crippen LogP contribution in [-0.2, 0) is 11.2 Å². The molecule has 0 N–H and O–H groups in total. The van der Waals surface area contributed by atoms with E-state index in [-0.39, 0.29) is 11.7 Å². The SMILES string of the molecule is O=C(Cc1ccc(F)cc1)N1CCN(c2ccc(-c3noc(C4CCC4)n3)cc2)CC1. The number of benzene rings is 2. The minimum absolute atomic E-state index is 0.0842. The average Bonchev–Trinajstić information content (AvgIpc) is 3.24. The van der Waals surface area contributed by atoms with E-state index < -0.39 is 0 Å². The van der Waals surface area contributed by atoms with Crippen molar-refractivity contribution >= 4 is 11.6 Å². The van der Waals surface area contributed by atoms with Crippen molar-refractivity contribution in [3.05, 3.63) is 65.8 Å². The number of halogens is 1. The minimum atomic E-state index is -0.283. The molecule has 31 heavy (non-hydrogen) atoms. The topological polar surface area (TPSA) is 62.5 Å². The zero-order valence-corrected chi connectivity index (χ0v) is 17.3. The van der Waals surface area contributed by atoms with E-state index >= 15 is 0 Å². The Kier molecular flexibility index (Phi) is 5.40. The first-order chi connectivity index (χ1) is 15.2. The molecule has 1 aromatic heterocycles. The highest BCUT2D eigenvalue weighted by atomic mass is 19.1. The second kappa shape index (κ2) is 8.49. The lowest BCUT2D eigenvalue weighted by Gasteiger charge is -2.36.